The summed E-state index contributed by atoms with van der Waals surface area (Å²) in [5.41, 5.74) is 5.44. The molecule has 4 nitrogen and oxygen atoms in total. The molecule has 0 unspecified atom stereocenters. The zero-order valence-electron chi connectivity index (χ0n) is 16.9. The van der Waals surface area contributed by atoms with Crippen LogP contribution in [0.1, 0.15) is 28.3 Å². The maximum atomic E-state index is 13.5. The number of benzene rings is 3. The van der Waals surface area contributed by atoms with E-state index in [4.69, 9.17) is 4.74 Å². The third-order valence-electron chi connectivity index (χ3n) is 5.50. The minimum Gasteiger partial charge on any atom is -0.495 e. The van der Waals surface area contributed by atoms with Crippen LogP contribution in [-0.4, -0.2) is 24.5 Å². The Morgan fingerprint density at radius 1 is 1.00 bits per heavy atom. The van der Waals surface area contributed by atoms with Crippen molar-refractivity contribution in [1.29, 1.82) is 0 Å². The van der Waals surface area contributed by atoms with Gasteiger partial charge in [0.05, 0.1) is 12.8 Å². The zero-order chi connectivity index (χ0) is 20.2. The van der Waals surface area contributed by atoms with Crippen LogP contribution in [0.4, 0.5) is 5.69 Å². The van der Waals surface area contributed by atoms with E-state index in [9.17, 15) is 4.79 Å². The van der Waals surface area contributed by atoms with Crippen LogP contribution in [0.3, 0.4) is 0 Å². The molecule has 1 atom stereocenters. The summed E-state index contributed by atoms with van der Waals surface area (Å²) in [6, 6.07) is 23.9. The molecule has 3 aromatic rings. The molecular formula is C25H26N2O2. The third kappa shape index (κ3) is 4.17. The number of hydrogen-bond acceptors (Lipinski definition) is 3. The SMILES string of the molecule is COc1ccc(C)cc1NC(=O)[C@@H](c1ccccc1)N1CCc2ccccc2C1. The van der Waals surface area contributed by atoms with Crippen LogP contribution in [-0.2, 0) is 17.8 Å². The van der Waals surface area contributed by atoms with Crippen LogP contribution < -0.4 is 10.1 Å². The van der Waals surface area contributed by atoms with Crippen molar-refractivity contribution in [3.8, 4) is 5.75 Å². The number of anilines is 1. The van der Waals surface area contributed by atoms with E-state index in [2.05, 4.69) is 34.5 Å². The Bertz CT molecular complexity index is 1000. The molecule has 148 valence electrons. The lowest BCUT2D eigenvalue weighted by atomic mass is 9.96. The standard InChI is InChI=1S/C25H26N2O2/c1-18-12-13-23(29-2)22(16-18)26-25(28)24(20-9-4-3-5-10-20)27-15-14-19-8-6-7-11-21(19)17-27/h3-13,16,24H,14-15,17H2,1-2H3,(H,26,28)/t24-/m1/s1. The molecule has 3 aromatic carbocycles. The van der Waals surface area contributed by atoms with Crippen LogP contribution >= 0.6 is 0 Å². The van der Waals surface area contributed by atoms with Crippen molar-refractivity contribution in [2.45, 2.75) is 25.9 Å². The van der Waals surface area contributed by atoms with E-state index in [1.165, 1.54) is 11.1 Å². The Hall–Kier alpha value is -3.11. The van der Waals surface area contributed by atoms with Crippen molar-refractivity contribution in [2.24, 2.45) is 0 Å². The van der Waals surface area contributed by atoms with Gasteiger partial charge in [0, 0.05) is 13.1 Å². The average molecular weight is 386 g/mol. The molecule has 29 heavy (non-hydrogen) atoms. The highest BCUT2D eigenvalue weighted by Crippen LogP contribution is 2.31. The van der Waals surface area contributed by atoms with Crippen LogP contribution in [0, 0.1) is 6.92 Å². The number of hydrogen-bond donors (Lipinski definition) is 1. The molecule has 0 saturated heterocycles. The highest BCUT2D eigenvalue weighted by Gasteiger charge is 2.30. The predicted molar refractivity (Wildman–Crippen MR) is 116 cm³/mol. The molecular weight excluding hydrogens is 360 g/mol. The summed E-state index contributed by atoms with van der Waals surface area (Å²) < 4.78 is 5.45. The smallest absolute Gasteiger partial charge is 0.246 e. The number of nitrogens with one attached hydrogen (secondary N) is 1. The number of methoxy groups -OCH3 is 1. The molecule has 1 aliphatic heterocycles. The lowest BCUT2D eigenvalue weighted by molar-refractivity contribution is -0.122. The number of aryl methyl sites for hydroxylation is 1. The molecule has 0 spiro atoms. The van der Waals surface area contributed by atoms with E-state index in [1.807, 2.05) is 55.5 Å². The van der Waals surface area contributed by atoms with Crippen molar-refractivity contribution in [3.05, 3.63) is 95.1 Å². The number of rotatable bonds is 5. The van der Waals surface area contributed by atoms with Crippen LogP contribution in [0.2, 0.25) is 0 Å². The number of carbonyl (C=O) groups is 1. The predicted octanol–water partition coefficient (Wildman–Crippen LogP) is 4.74. The van der Waals surface area contributed by atoms with Gasteiger partial charge in [-0.05, 0) is 47.7 Å². The molecule has 0 bridgehead atoms. The molecule has 1 amide bonds. The largest absolute Gasteiger partial charge is 0.495 e. The fraction of sp³-hybridized carbons (Fsp3) is 0.240. The molecule has 0 radical (unpaired) electrons. The van der Waals surface area contributed by atoms with E-state index in [0.29, 0.717) is 11.4 Å². The van der Waals surface area contributed by atoms with Crippen LogP contribution in [0.5, 0.6) is 5.75 Å². The van der Waals surface area contributed by atoms with E-state index in [1.54, 1.807) is 7.11 Å². The quantitative estimate of drug-likeness (QED) is 0.688. The summed E-state index contributed by atoms with van der Waals surface area (Å²) in [7, 11) is 1.62. The van der Waals surface area contributed by atoms with Gasteiger partial charge in [-0.15, -0.1) is 0 Å². The number of nitrogens with zero attached hydrogens (tertiary/aromatic N) is 1. The van der Waals surface area contributed by atoms with Gasteiger partial charge in [-0.25, -0.2) is 0 Å². The van der Waals surface area contributed by atoms with Gasteiger partial charge in [0.15, 0.2) is 0 Å². The van der Waals surface area contributed by atoms with Crippen LogP contribution in [0.15, 0.2) is 72.8 Å². The van der Waals surface area contributed by atoms with Gasteiger partial charge in [0.25, 0.3) is 0 Å². The van der Waals surface area contributed by atoms with E-state index in [0.717, 1.165) is 30.6 Å². The number of fused-ring (bicyclic) bond motifs is 1. The van der Waals surface area contributed by atoms with Gasteiger partial charge >= 0.3 is 0 Å². The Labute approximate surface area is 172 Å². The molecule has 1 aliphatic rings. The van der Waals surface area contributed by atoms with E-state index < -0.39 is 0 Å². The first-order valence-corrected chi connectivity index (χ1v) is 9.97. The molecule has 4 rings (SSSR count). The number of amides is 1. The molecule has 1 N–H and O–H groups in total. The van der Waals surface area contributed by atoms with Gasteiger partial charge in [-0.2, -0.15) is 0 Å². The Morgan fingerprint density at radius 2 is 1.72 bits per heavy atom. The Balaban J connectivity index is 1.65. The Morgan fingerprint density at radius 3 is 2.48 bits per heavy atom. The lowest BCUT2D eigenvalue weighted by Gasteiger charge is -2.35. The van der Waals surface area contributed by atoms with Gasteiger partial charge in [-0.1, -0.05) is 60.7 Å². The van der Waals surface area contributed by atoms with Crippen molar-refractivity contribution >= 4 is 11.6 Å². The first-order chi connectivity index (χ1) is 14.2. The van der Waals surface area contributed by atoms with Gasteiger partial charge in [0.2, 0.25) is 5.91 Å². The first-order valence-electron chi connectivity index (χ1n) is 9.97. The molecule has 0 aliphatic carbocycles. The molecule has 0 aromatic heterocycles. The second-order valence-electron chi connectivity index (χ2n) is 7.50. The monoisotopic (exact) mass is 386 g/mol. The first kappa shape index (κ1) is 19.2. The minimum atomic E-state index is -0.366. The summed E-state index contributed by atoms with van der Waals surface area (Å²) in [5, 5.41) is 3.12. The highest BCUT2D eigenvalue weighted by molar-refractivity contribution is 5.96. The minimum absolute atomic E-state index is 0.0421. The second kappa shape index (κ2) is 8.50. The average Bonchev–Trinajstić information content (AvgIpc) is 2.75. The van der Waals surface area contributed by atoms with Crippen molar-refractivity contribution in [1.82, 2.24) is 4.90 Å². The topological polar surface area (TPSA) is 41.6 Å². The van der Waals surface area contributed by atoms with Gasteiger partial charge in [0.1, 0.15) is 11.8 Å². The summed E-state index contributed by atoms with van der Waals surface area (Å²) in [4.78, 5) is 15.8. The van der Waals surface area contributed by atoms with Gasteiger partial charge in [-0.3, -0.25) is 9.69 Å². The normalized spacial score (nSPS) is 14.7. The maximum absolute atomic E-state index is 13.5. The summed E-state index contributed by atoms with van der Waals surface area (Å²) in [5.74, 6) is 0.624. The van der Waals surface area contributed by atoms with Crippen LogP contribution in [0.25, 0.3) is 0 Å². The fourth-order valence-electron chi connectivity index (χ4n) is 4.02. The second-order valence-corrected chi connectivity index (χ2v) is 7.50. The molecule has 1 heterocycles. The van der Waals surface area contributed by atoms with Crippen molar-refractivity contribution in [2.75, 3.05) is 19.0 Å². The highest BCUT2D eigenvalue weighted by atomic mass is 16.5. The molecule has 0 saturated carbocycles. The third-order valence-corrected chi connectivity index (χ3v) is 5.50. The number of carbonyl (C=O) groups excluding carboxylic acids is 1. The maximum Gasteiger partial charge on any atom is 0.246 e. The van der Waals surface area contributed by atoms with E-state index >= 15 is 0 Å². The molecule has 0 fully saturated rings. The van der Waals surface area contributed by atoms with E-state index in [-0.39, 0.29) is 11.9 Å². The fourth-order valence-corrected chi connectivity index (χ4v) is 4.02. The van der Waals surface area contributed by atoms with Crippen molar-refractivity contribution < 1.29 is 9.53 Å². The summed E-state index contributed by atoms with van der Waals surface area (Å²) in [6.07, 6.45) is 0.945. The lowest BCUT2D eigenvalue weighted by Crippen LogP contribution is -2.40. The Kier molecular flexibility index (Phi) is 5.63. The summed E-state index contributed by atoms with van der Waals surface area (Å²) >= 11 is 0. The number of ether oxygens (including phenoxy) is 1. The van der Waals surface area contributed by atoms with Crippen molar-refractivity contribution in [3.63, 3.8) is 0 Å². The zero-order valence-corrected chi connectivity index (χ0v) is 16.9. The summed E-state index contributed by atoms with van der Waals surface area (Å²) in [6.45, 7) is 3.61. The van der Waals surface area contributed by atoms with Gasteiger partial charge < -0.3 is 10.1 Å². The molecule has 4 heteroatoms.